The molecule has 1 aliphatic rings. The maximum atomic E-state index is 14.3. The van der Waals surface area contributed by atoms with Crippen LogP contribution < -0.4 is 38.1 Å². The van der Waals surface area contributed by atoms with Gasteiger partial charge in [-0.15, -0.1) is 0 Å². The van der Waals surface area contributed by atoms with Crippen LogP contribution in [0.3, 0.4) is 0 Å². The summed E-state index contributed by atoms with van der Waals surface area (Å²) in [6.07, 6.45) is 2.04. The van der Waals surface area contributed by atoms with Crippen molar-refractivity contribution in [2.45, 2.75) is 129 Å². The molecule has 1 saturated carbocycles. The van der Waals surface area contributed by atoms with Crippen LogP contribution in [-0.4, -0.2) is 90.7 Å². The standard InChI is InChI=1S/C37H60N8O7/c1-23-11-13-25(14-12-23)20-28(43-30(48)26(38)21-29(47)52-35(3,4)5)32(50)45-37(17-15-36(6,7)16-18-37)33(51)44-27(31(49)42-22-24(2)46)10-9-19-41-34(39)40-8/h11-14,26-28H,9-10,15-22,38H2,1-8H3,(H,42,49)(H,43,48)(H,44,51)(H,45,50)(H3,39,40,41)/t26-,27-,28+/m0/s1. The topological polar surface area (TPSA) is 236 Å². The van der Waals surface area contributed by atoms with Gasteiger partial charge < -0.3 is 42.8 Å². The van der Waals surface area contributed by atoms with Crippen molar-refractivity contribution in [2.75, 3.05) is 20.1 Å². The van der Waals surface area contributed by atoms with Gasteiger partial charge in [0.1, 0.15) is 29.0 Å². The van der Waals surface area contributed by atoms with Crippen molar-refractivity contribution in [3.05, 3.63) is 35.4 Å². The highest BCUT2D eigenvalue weighted by atomic mass is 16.6. The number of carbonyl (C=O) groups is 6. The Hall–Kier alpha value is -4.53. The van der Waals surface area contributed by atoms with Crippen LogP contribution >= 0.6 is 0 Å². The van der Waals surface area contributed by atoms with Crippen LogP contribution in [0.25, 0.3) is 0 Å². The molecule has 2 rings (SSSR count). The van der Waals surface area contributed by atoms with E-state index in [1.807, 2.05) is 31.2 Å². The van der Waals surface area contributed by atoms with Crippen molar-refractivity contribution < 1.29 is 33.5 Å². The smallest absolute Gasteiger partial charge is 0.308 e. The highest BCUT2D eigenvalue weighted by Gasteiger charge is 2.47. The summed E-state index contributed by atoms with van der Waals surface area (Å²) in [5, 5.41) is 14.0. The summed E-state index contributed by atoms with van der Waals surface area (Å²) in [6, 6.07) is 3.97. The van der Waals surface area contributed by atoms with Gasteiger partial charge in [-0.3, -0.25) is 33.8 Å². The number of aryl methyl sites for hydroxylation is 1. The molecule has 1 aliphatic carbocycles. The van der Waals surface area contributed by atoms with E-state index in [9.17, 15) is 28.8 Å². The fourth-order valence-electron chi connectivity index (χ4n) is 5.69. The van der Waals surface area contributed by atoms with Gasteiger partial charge in [-0.2, -0.15) is 0 Å². The summed E-state index contributed by atoms with van der Waals surface area (Å²) in [4.78, 5) is 83.0. The molecule has 1 aromatic carbocycles. The largest absolute Gasteiger partial charge is 0.460 e. The van der Waals surface area contributed by atoms with Crippen molar-refractivity contribution in [1.82, 2.24) is 26.6 Å². The second kappa shape index (κ2) is 19.3. The van der Waals surface area contributed by atoms with Gasteiger partial charge in [0, 0.05) is 20.0 Å². The zero-order chi connectivity index (χ0) is 39.3. The molecule has 0 saturated heterocycles. The predicted molar refractivity (Wildman–Crippen MR) is 199 cm³/mol. The number of carbonyl (C=O) groups excluding carboxylic acids is 6. The van der Waals surface area contributed by atoms with Gasteiger partial charge in [0.25, 0.3) is 0 Å². The number of aliphatic imine (C=N–C) groups is 1. The van der Waals surface area contributed by atoms with Crippen LogP contribution in [0.2, 0.25) is 0 Å². The van der Waals surface area contributed by atoms with Crippen LogP contribution in [0.4, 0.5) is 0 Å². The summed E-state index contributed by atoms with van der Waals surface area (Å²) in [5.41, 5.74) is 11.3. The van der Waals surface area contributed by atoms with Gasteiger partial charge in [-0.1, -0.05) is 43.7 Å². The summed E-state index contributed by atoms with van der Waals surface area (Å²) in [7, 11) is 1.54. The molecular weight excluding hydrogens is 668 g/mol. The van der Waals surface area contributed by atoms with Crippen molar-refractivity contribution in [3.8, 4) is 0 Å². The minimum Gasteiger partial charge on any atom is -0.460 e. The molecule has 290 valence electrons. The quantitative estimate of drug-likeness (QED) is 0.0521. The lowest BCUT2D eigenvalue weighted by Gasteiger charge is -2.44. The Morgan fingerprint density at radius 2 is 1.52 bits per heavy atom. The minimum absolute atomic E-state index is 0.0769. The van der Waals surface area contributed by atoms with E-state index in [0.29, 0.717) is 25.8 Å². The van der Waals surface area contributed by atoms with E-state index < -0.39 is 65.3 Å². The molecule has 15 heteroatoms. The Labute approximate surface area is 307 Å². The lowest BCUT2D eigenvalue weighted by Crippen LogP contribution is -2.66. The molecular formula is C37H60N8O7. The molecule has 0 spiro atoms. The number of amides is 4. The molecule has 15 nitrogen and oxygen atoms in total. The molecule has 0 unspecified atom stereocenters. The number of nitrogens with two attached hydrogens (primary N) is 2. The highest BCUT2D eigenvalue weighted by Crippen LogP contribution is 2.40. The Morgan fingerprint density at radius 3 is 2.08 bits per heavy atom. The van der Waals surface area contributed by atoms with Crippen LogP contribution in [-0.2, 0) is 39.9 Å². The van der Waals surface area contributed by atoms with Crippen LogP contribution in [0.1, 0.15) is 97.6 Å². The number of benzene rings is 1. The number of ether oxygens (including phenoxy) is 1. The first kappa shape index (κ1) is 43.6. The Kier molecular flexibility index (Phi) is 16.2. The third-order valence-electron chi connectivity index (χ3n) is 8.94. The summed E-state index contributed by atoms with van der Waals surface area (Å²) < 4.78 is 5.31. The van der Waals surface area contributed by atoms with Crippen molar-refractivity contribution in [3.63, 3.8) is 0 Å². The lowest BCUT2D eigenvalue weighted by molar-refractivity contribution is -0.156. The predicted octanol–water partition coefficient (Wildman–Crippen LogP) is 1.04. The average molecular weight is 729 g/mol. The normalized spacial score (nSPS) is 17.1. The zero-order valence-corrected chi connectivity index (χ0v) is 32.1. The number of guanidine groups is 1. The summed E-state index contributed by atoms with van der Waals surface area (Å²) in [6.45, 7) is 12.7. The molecule has 3 atom stereocenters. The maximum absolute atomic E-state index is 14.3. The second-order valence-electron chi connectivity index (χ2n) is 15.5. The summed E-state index contributed by atoms with van der Waals surface area (Å²) in [5.74, 6) is -3.13. The van der Waals surface area contributed by atoms with Gasteiger partial charge in [0.15, 0.2) is 5.96 Å². The van der Waals surface area contributed by atoms with Gasteiger partial charge in [0.2, 0.25) is 23.6 Å². The maximum Gasteiger partial charge on any atom is 0.308 e. The molecule has 9 N–H and O–H groups in total. The van der Waals surface area contributed by atoms with Gasteiger partial charge in [-0.05, 0) is 84.1 Å². The number of esters is 1. The van der Waals surface area contributed by atoms with E-state index in [4.69, 9.17) is 16.2 Å². The number of rotatable bonds is 17. The fraction of sp³-hybridized carbons (Fsp3) is 0.649. The number of nitrogens with zero attached hydrogens (tertiary/aromatic N) is 1. The zero-order valence-electron chi connectivity index (χ0n) is 32.1. The number of hydrogen-bond acceptors (Lipinski definition) is 9. The number of Topliss-reactive ketones (excluding diaryl/α,β-unsaturated/α-hetero) is 1. The first-order valence-corrected chi connectivity index (χ1v) is 17.8. The van der Waals surface area contributed by atoms with E-state index >= 15 is 0 Å². The molecule has 4 amide bonds. The molecule has 0 bridgehead atoms. The second-order valence-corrected chi connectivity index (χ2v) is 15.5. The third-order valence-corrected chi connectivity index (χ3v) is 8.94. The van der Waals surface area contributed by atoms with Crippen LogP contribution in [0.15, 0.2) is 29.3 Å². The van der Waals surface area contributed by atoms with Gasteiger partial charge >= 0.3 is 5.97 Å². The first-order valence-electron chi connectivity index (χ1n) is 17.8. The molecule has 1 fully saturated rings. The van der Waals surface area contributed by atoms with E-state index in [2.05, 4.69) is 45.4 Å². The van der Waals surface area contributed by atoms with Crippen LogP contribution in [0.5, 0.6) is 0 Å². The summed E-state index contributed by atoms with van der Waals surface area (Å²) >= 11 is 0. The minimum atomic E-state index is -1.42. The fourth-order valence-corrected chi connectivity index (χ4v) is 5.69. The molecule has 0 heterocycles. The van der Waals surface area contributed by atoms with E-state index in [1.54, 1.807) is 20.8 Å². The first-order chi connectivity index (χ1) is 24.1. The molecule has 0 aromatic heterocycles. The Balaban J connectivity index is 2.39. The highest BCUT2D eigenvalue weighted by molar-refractivity contribution is 5.98. The van der Waals surface area contributed by atoms with Crippen LogP contribution in [0, 0.1) is 12.3 Å². The lowest BCUT2D eigenvalue weighted by atomic mass is 9.68. The van der Waals surface area contributed by atoms with Gasteiger partial charge in [-0.25, -0.2) is 0 Å². The Bertz CT molecular complexity index is 1440. The number of hydrogen-bond donors (Lipinski definition) is 7. The molecule has 52 heavy (non-hydrogen) atoms. The average Bonchev–Trinajstić information content (AvgIpc) is 3.05. The molecule has 0 aliphatic heterocycles. The van der Waals surface area contributed by atoms with E-state index in [1.165, 1.54) is 14.0 Å². The monoisotopic (exact) mass is 728 g/mol. The van der Waals surface area contributed by atoms with Crippen molar-refractivity contribution in [1.29, 1.82) is 0 Å². The Morgan fingerprint density at radius 1 is 0.904 bits per heavy atom. The van der Waals surface area contributed by atoms with Crippen molar-refractivity contribution >= 4 is 41.3 Å². The SMILES string of the molecule is CN=C(N)NCCC[C@H](NC(=O)C1(NC(=O)[C@@H](Cc2ccc(C)cc2)NC(=O)[C@@H](N)CC(=O)OC(C)(C)C)CCC(C)(C)CC1)C(=O)NCC(C)=O. The van der Waals surface area contributed by atoms with Crippen molar-refractivity contribution in [2.24, 2.45) is 21.9 Å². The number of ketones is 1. The van der Waals surface area contributed by atoms with Gasteiger partial charge in [0.05, 0.1) is 19.0 Å². The van der Waals surface area contributed by atoms with E-state index in [0.717, 1.165) is 11.1 Å². The molecule has 1 aromatic rings. The molecule has 0 radical (unpaired) electrons. The number of nitrogens with one attached hydrogen (secondary N) is 5. The third kappa shape index (κ3) is 15.0. The van der Waals surface area contributed by atoms with E-state index in [-0.39, 0.29) is 49.4 Å².